The van der Waals surface area contributed by atoms with E-state index < -0.39 is 5.97 Å². The van der Waals surface area contributed by atoms with Crippen molar-refractivity contribution in [2.75, 3.05) is 13.7 Å². The van der Waals surface area contributed by atoms with Crippen molar-refractivity contribution in [1.29, 1.82) is 0 Å². The first-order valence-corrected chi connectivity index (χ1v) is 10.5. The number of carbonyl (C=O) groups is 2. The van der Waals surface area contributed by atoms with E-state index in [0.29, 0.717) is 33.8 Å². The molecule has 8 heteroatoms. The Hall–Kier alpha value is -2.84. The zero-order valence-corrected chi connectivity index (χ0v) is 18.0. The lowest BCUT2D eigenvalue weighted by Gasteiger charge is -2.13. The second-order valence-electron chi connectivity index (χ2n) is 6.51. The molecule has 1 heterocycles. The van der Waals surface area contributed by atoms with Gasteiger partial charge in [0, 0.05) is 24.6 Å². The molecule has 0 atom stereocenters. The van der Waals surface area contributed by atoms with E-state index in [1.165, 1.54) is 16.7 Å². The maximum atomic E-state index is 12.7. The van der Waals surface area contributed by atoms with Gasteiger partial charge < -0.3 is 14.6 Å². The van der Waals surface area contributed by atoms with Gasteiger partial charge in [-0.3, -0.25) is 14.5 Å². The first-order chi connectivity index (χ1) is 14.5. The van der Waals surface area contributed by atoms with E-state index in [9.17, 15) is 9.59 Å². The van der Waals surface area contributed by atoms with E-state index in [1.54, 1.807) is 19.3 Å². The molecule has 1 saturated heterocycles. The molecular weight excluding hydrogens is 422 g/mol. The molecule has 1 N–H and O–H groups in total. The van der Waals surface area contributed by atoms with Crippen molar-refractivity contribution in [2.24, 2.45) is 0 Å². The van der Waals surface area contributed by atoms with E-state index in [4.69, 9.17) is 26.8 Å². The van der Waals surface area contributed by atoms with Gasteiger partial charge in [0.25, 0.3) is 5.91 Å². The van der Waals surface area contributed by atoms with E-state index in [2.05, 4.69) is 0 Å². The SMILES string of the molecule is COc1cc(OCc2ccccc2)ccc1C=C1SC(=S)N(CCCC(=O)O)C1=O. The normalized spacial score (nSPS) is 15.0. The van der Waals surface area contributed by atoms with Gasteiger partial charge in [-0.25, -0.2) is 0 Å². The van der Waals surface area contributed by atoms with Gasteiger partial charge >= 0.3 is 5.97 Å². The quantitative estimate of drug-likeness (QED) is 0.456. The maximum absolute atomic E-state index is 12.7. The summed E-state index contributed by atoms with van der Waals surface area (Å²) >= 11 is 6.48. The Morgan fingerprint density at radius 3 is 2.70 bits per heavy atom. The molecule has 156 valence electrons. The van der Waals surface area contributed by atoms with Crippen LogP contribution in [0.15, 0.2) is 53.4 Å². The van der Waals surface area contributed by atoms with E-state index in [0.717, 1.165) is 11.1 Å². The number of aliphatic carboxylic acids is 1. The van der Waals surface area contributed by atoms with Crippen molar-refractivity contribution in [3.63, 3.8) is 0 Å². The molecule has 0 aliphatic carbocycles. The van der Waals surface area contributed by atoms with Crippen LogP contribution >= 0.6 is 24.0 Å². The molecule has 3 rings (SSSR count). The predicted molar refractivity (Wildman–Crippen MR) is 121 cm³/mol. The number of hydrogen-bond donors (Lipinski definition) is 1. The zero-order valence-electron chi connectivity index (χ0n) is 16.4. The van der Waals surface area contributed by atoms with Crippen LogP contribution in [0.2, 0.25) is 0 Å². The van der Waals surface area contributed by atoms with Crippen molar-refractivity contribution in [1.82, 2.24) is 4.90 Å². The molecular formula is C22H21NO5S2. The standard InChI is InChI=1S/C22H21NO5S2/c1-27-18-13-17(28-14-15-6-3-2-4-7-15)10-9-16(18)12-19-21(26)23(22(29)30-19)11-5-8-20(24)25/h2-4,6-7,9-10,12-13H,5,8,11,14H2,1H3,(H,24,25). The summed E-state index contributed by atoms with van der Waals surface area (Å²) in [4.78, 5) is 25.3. The summed E-state index contributed by atoms with van der Waals surface area (Å²) in [5, 5.41) is 8.77. The second kappa shape index (κ2) is 10.3. The van der Waals surface area contributed by atoms with Crippen LogP contribution in [-0.4, -0.2) is 39.9 Å². The molecule has 2 aromatic rings. The Morgan fingerprint density at radius 1 is 1.23 bits per heavy atom. The van der Waals surface area contributed by atoms with Crippen molar-refractivity contribution >= 4 is 46.3 Å². The fourth-order valence-corrected chi connectivity index (χ4v) is 4.16. The Bertz CT molecular complexity index is 975. The highest BCUT2D eigenvalue weighted by atomic mass is 32.2. The number of methoxy groups -OCH3 is 1. The Morgan fingerprint density at radius 2 is 2.00 bits per heavy atom. The van der Waals surface area contributed by atoms with Crippen LogP contribution in [0, 0.1) is 0 Å². The van der Waals surface area contributed by atoms with Gasteiger partial charge in [0.1, 0.15) is 22.4 Å². The molecule has 1 amide bonds. The van der Waals surface area contributed by atoms with Gasteiger partial charge in [-0.1, -0.05) is 54.3 Å². The first-order valence-electron chi connectivity index (χ1n) is 9.30. The number of nitrogens with zero attached hydrogens (tertiary/aromatic N) is 1. The zero-order chi connectivity index (χ0) is 21.5. The van der Waals surface area contributed by atoms with Crippen molar-refractivity contribution in [3.05, 3.63) is 64.6 Å². The molecule has 6 nitrogen and oxygen atoms in total. The van der Waals surface area contributed by atoms with E-state index >= 15 is 0 Å². The van der Waals surface area contributed by atoms with Crippen LogP contribution in [0.4, 0.5) is 0 Å². The third-order valence-electron chi connectivity index (χ3n) is 4.39. The molecule has 1 aliphatic rings. The van der Waals surface area contributed by atoms with Crippen molar-refractivity contribution < 1.29 is 24.2 Å². The van der Waals surface area contributed by atoms with Crippen LogP contribution in [0.5, 0.6) is 11.5 Å². The number of thiocarbonyl (C=S) groups is 1. The molecule has 1 aliphatic heterocycles. The molecule has 0 unspecified atom stereocenters. The second-order valence-corrected chi connectivity index (χ2v) is 8.18. The predicted octanol–water partition coefficient (Wildman–Crippen LogP) is 4.34. The summed E-state index contributed by atoms with van der Waals surface area (Å²) in [5.74, 6) is 0.128. The number of hydrogen-bond acceptors (Lipinski definition) is 6. The molecule has 0 radical (unpaired) electrons. The fraction of sp³-hybridized carbons (Fsp3) is 0.227. The van der Waals surface area contributed by atoms with Gasteiger partial charge in [0.2, 0.25) is 0 Å². The van der Waals surface area contributed by atoms with Gasteiger partial charge in [-0.2, -0.15) is 0 Å². The summed E-state index contributed by atoms with van der Waals surface area (Å²) < 4.78 is 11.7. The summed E-state index contributed by atoms with van der Waals surface area (Å²) in [7, 11) is 1.56. The van der Waals surface area contributed by atoms with Crippen LogP contribution in [0.1, 0.15) is 24.0 Å². The lowest BCUT2D eigenvalue weighted by Crippen LogP contribution is -2.29. The fourth-order valence-electron chi connectivity index (χ4n) is 2.86. The smallest absolute Gasteiger partial charge is 0.303 e. The van der Waals surface area contributed by atoms with Crippen LogP contribution < -0.4 is 9.47 Å². The van der Waals surface area contributed by atoms with Crippen molar-refractivity contribution in [2.45, 2.75) is 19.4 Å². The molecule has 0 spiro atoms. The topological polar surface area (TPSA) is 76.1 Å². The van der Waals surface area contributed by atoms with Gasteiger partial charge in [-0.15, -0.1) is 0 Å². The highest BCUT2D eigenvalue weighted by molar-refractivity contribution is 8.26. The number of benzene rings is 2. The highest BCUT2D eigenvalue weighted by Crippen LogP contribution is 2.35. The molecule has 0 bridgehead atoms. The largest absolute Gasteiger partial charge is 0.496 e. The third-order valence-corrected chi connectivity index (χ3v) is 5.76. The number of carboxylic acid groups (broad SMARTS) is 1. The number of rotatable bonds is 9. The summed E-state index contributed by atoms with van der Waals surface area (Å²) in [6.45, 7) is 0.732. The lowest BCUT2D eigenvalue weighted by molar-refractivity contribution is -0.137. The lowest BCUT2D eigenvalue weighted by atomic mass is 10.1. The molecule has 2 aromatic carbocycles. The van der Waals surface area contributed by atoms with Crippen LogP contribution in [0.3, 0.4) is 0 Å². The number of thioether (sulfide) groups is 1. The minimum atomic E-state index is -0.893. The summed E-state index contributed by atoms with van der Waals surface area (Å²) in [6, 6.07) is 15.3. The molecule has 0 saturated carbocycles. The van der Waals surface area contributed by atoms with Crippen LogP contribution in [-0.2, 0) is 16.2 Å². The molecule has 1 fully saturated rings. The number of carboxylic acids is 1. The highest BCUT2D eigenvalue weighted by Gasteiger charge is 2.31. The average Bonchev–Trinajstić information content (AvgIpc) is 3.01. The summed E-state index contributed by atoms with van der Waals surface area (Å²) in [6.07, 6.45) is 2.08. The number of carbonyl (C=O) groups excluding carboxylic acids is 1. The van der Waals surface area contributed by atoms with Gasteiger partial charge in [0.05, 0.1) is 12.0 Å². The van der Waals surface area contributed by atoms with Gasteiger partial charge in [0.15, 0.2) is 0 Å². The Labute approximate surface area is 184 Å². The van der Waals surface area contributed by atoms with Gasteiger partial charge in [-0.05, 0) is 30.2 Å². The van der Waals surface area contributed by atoms with Crippen molar-refractivity contribution in [3.8, 4) is 11.5 Å². The molecule has 0 aromatic heterocycles. The molecule has 30 heavy (non-hydrogen) atoms. The average molecular weight is 444 g/mol. The monoisotopic (exact) mass is 443 g/mol. The number of amides is 1. The third kappa shape index (κ3) is 5.61. The van der Waals surface area contributed by atoms with E-state index in [1.807, 2.05) is 42.5 Å². The Kier molecular flexibility index (Phi) is 7.48. The number of ether oxygens (including phenoxy) is 2. The van der Waals surface area contributed by atoms with E-state index in [-0.39, 0.29) is 18.9 Å². The minimum Gasteiger partial charge on any atom is -0.496 e. The van der Waals surface area contributed by atoms with Crippen LogP contribution in [0.25, 0.3) is 6.08 Å². The Balaban J connectivity index is 1.70. The summed E-state index contributed by atoms with van der Waals surface area (Å²) in [5.41, 5.74) is 1.79. The minimum absolute atomic E-state index is 0.00558. The first kappa shape index (κ1) is 21.9. The maximum Gasteiger partial charge on any atom is 0.303 e.